The van der Waals surface area contributed by atoms with Crippen LogP contribution in [0.2, 0.25) is 0 Å². The molecule has 0 unspecified atom stereocenters. The third kappa shape index (κ3) is 1.80. The lowest BCUT2D eigenvalue weighted by atomic mass is 10.1. The van der Waals surface area contributed by atoms with Crippen LogP contribution in [0.15, 0.2) is 12.1 Å². The fraction of sp³-hybridized carbons (Fsp3) is 0.364. The lowest BCUT2D eigenvalue weighted by molar-refractivity contribution is 0.0989. The molecule has 0 saturated carbocycles. The molecule has 0 aliphatic carbocycles. The van der Waals surface area contributed by atoms with Gasteiger partial charge in [-0.15, -0.1) is 0 Å². The molecule has 0 amide bonds. The van der Waals surface area contributed by atoms with Crippen molar-refractivity contribution in [2.24, 2.45) is 0 Å². The third-order valence-electron chi connectivity index (χ3n) is 2.25. The molecule has 0 bridgehead atoms. The lowest BCUT2D eigenvalue weighted by Crippen LogP contribution is -2.19. The molecule has 1 heterocycles. The molecule has 15 heavy (non-hydrogen) atoms. The number of Topliss-reactive ketones (excluding diaryl/α,β-unsaturated/α-hetero) is 1. The average molecular weight is 207 g/mol. The summed E-state index contributed by atoms with van der Waals surface area (Å²) in [5.41, 5.74) is 1.59. The van der Waals surface area contributed by atoms with Gasteiger partial charge >= 0.3 is 0 Å². The van der Waals surface area contributed by atoms with Gasteiger partial charge in [0.15, 0.2) is 17.3 Å². The van der Waals surface area contributed by atoms with Gasteiger partial charge in [-0.05, 0) is 31.7 Å². The first-order chi connectivity index (χ1) is 7.22. The van der Waals surface area contributed by atoms with E-state index >= 15 is 0 Å². The maximum atomic E-state index is 11.8. The maximum Gasteiger partial charge on any atom is 0.231 e. The van der Waals surface area contributed by atoms with Crippen LogP contribution in [0.4, 0.5) is 0 Å². The monoisotopic (exact) mass is 207 g/mol. The van der Waals surface area contributed by atoms with Crippen molar-refractivity contribution in [2.75, 3.05) is 20.4 Å². The van der Waals surface area contributed by atoms with E-state index in [1.807, 2.05) is 19.1 Å². The van der Waals surface area contributed by atoms with Gasteiger partial charge in [-0.3, -0.25) is 4.79 Å². The highest BCUT2D eigenvalue weighted by molar-refractivity contribution is 6.01. The molecule has 80 valence electrons. The maximum absolute atomic E-state index is 11.8. The first-order valence-electron chi connectivity index (χ1n) is 4.80. The zero-order valence-corrected chi connectivity index (χ0v) is 8.79. The number of nitrogens with one attached hydrogen (secondary N) is 1. The van der Waals surface area contributed by atoms with E-state index in [0.717, 1.165) is 5.56 Å². The van der Waals surface area contributed by atoms with Crippen LogP contribution in [0.5, 0.6) is 11.5 Å². The molecule has 2 rings (SSSR count). The van der Waals surface area contributed by atoms with E-state index in [2.05, 4.69) is 5.32 Å². The lowest BCUT2D eigenvalue weighted by Gasteiger charge is -2.06. The summed E-state index contributed by atoms with van der Waals surface area (Å²) in [6, 6.07) is 3.70. The molecule has 0 aromatic heterocycles. The highest BCUT2D eigenvalue weighted by atomic mass is 16.7. The number of hydrogen-bond acceptors (Lipinski definition) is 4. The van der Waals surface area contributed by atoms with Gasteiger partial charge in [0.25, 0.3) is 0 Å². The second-order valence-corrected chi connectivity index (χ2v) is 3.50. The van der Waals surface area contributed by atoms with Crippen LogP contribution in [0.25, 0.3) is 0 Å². The van der Waals surface area contributed by atoms with Crippen LogP contribution >= 0.6 is 0 Å². The number of ether oxygens (including phenoxy) is 2. The minimum Gasteiger partial charge on any atom is -0.454 e. The van der Waals surface area contributed by atoms with Gasteiger partial charge in [0.2, 0.25) is 6.79 Å². The van der Waals surface area contributed by atoms with Crippen molar-refractivity contribution in [3.8, 4) is 11.5 Å². The minimum atomic E-state index is 0.0166. The van der Waals surface area contributed by atoms with Gasteiger partial charge < -0.3 is 14.8 Å². The van der Waals surface area contributed by atoms with E-state index < -0.39 is 0 Å². The molecule has 1 aromatic rings. The molecule has 0 saturated heterocycles. The van der Waals surface area contributed by atoms with Gasteiger partial charge in [0, 0.05) is 0 Å². The van der Waals surface area contributed by atoms with Crippen LogP contribution in [0.3, 0.4) is 0 Å². The number of aryl methyl sites for hydroxylation is 1. The third-order valence-corrected chi connectivity index (χ3v) is 2.25. The summed E-state index contributed by atoms with van der Waals surface area (Å²) < 4.78 is 10.5. The molecular formula is C11H13NO3. The quantitative estimate of drug-likeness (QED) is 0.755. The Balaban J connectivity index is 2.42. The molecule has 1 aliphatic rings. The molecule has 0 atom stereocenters. The summed E-state index contributed by atoms with van der Waals surface area (Å²) in [5, 5.41) is 2.83. The predicted molar refractivity (Wildman–Crippen MR) is 55.6 cm³/mol. The molecule has 4 nitrogen and oxygen atoms in total. The zero-order valence-electron chi connectivity index (χ0n) is 8.79. The van der Waals surface area contributed by atoms with Crippen LogP contribution in [-0.2, 0) is 0 Å². The van der Waals surface area contributed by atoms with E-state index in [1.165, 1.54) is 0 Å². The summed E-state index contributed by atoms with van der Waals surface area (Å²) in [4.78, 5) is 11.8. The standard InChI is InChI=1S/C11H13NO3/c1-7-3-8(9(13)5-12-2)11-10(4-7)14-6-15-11/h3-4,12H,5-6H2,1-2H3. The first kappa shape index (κ1) is 9.98. The van der Waals surface area contributed by atoms with Gasteiger partial charge in [-0.2, -0.15) is 0 Å². The second kappa shape index (κ2) is 3.90. The molecule has 1 aromatic carbocycles. The van der Waals surface area contributed by atoms with Crippen molar-refractivity contribution in [3.05, 3.63) is 23.3 Å². The number of likely N-dealkylation sites (N-methyl/N-ethyl adjacent to an activating group) is 1. The molecule has 1 aliphatic heterocycles. The van der Waals surface area contributed by atoms with Crippen molar-refractivity contribution < 1.29 is 14.3 Å². The second-order valence-electron chi connectivity index (χ2n) is 3.50. The van der Waals surface area contributed by atoms with Crippen molar-refractivity contribution in [1.29, 1.82) is 0 Å². The molecule has 1 N–H and O–H groups in total. The van der Waals surface area contributed by atoms with Gasteiger partial charge in [-0.1, -0.05) is 0 Å². The normalized spacial score (nSPS) is 12.9. The summed E-state index contributed by atoms with van der Waals surface area (Å²) >= 11 is 0. The highest BCUT2D eigenvalue weighted by Gasteiger charge is 2.22. The Morgan fingerprint density at radius 2 is 2.27 bits per heavy atom. The minimum absolute atomic E-state index is 0.0166. The zero-order chi connectivity index (χ0) is 10.8. The van der Waals surface area contributed by atoms with Gasteiger partial charge in [0.05, 0.1) is 12.1 Å². The van der Waals surface area contributed by atoms with Crippen molar-refractivity contribution >= 4 is 5.78 Å². The number of fused-ring (bicyclic) bond motifs is 1. The van der Waals surface area contributed by atoms with E-state index in [0.29, 0.717) is 23.6 Å². The molecule has 0 spiro atoms. The average Bonchev–Trinajstić information content (AvgIpc) is 2.64. The number of ketones is 1. The SMILES string of the molecule is CNCC(=O)c1cc(C)cc2c1OCO2. The van der Waals surface area contributed by atoms with Gasteiger partial charge in [-0.25, -0.2) is 0 Å². The Hall–Kier alpha value is -1.55. The predicted octanol–water partition coefficient (Wildman–Crippen LogP) is 1.13. The molecular weight excluding hydrogens is 194 g/mol. The molecule has 0 fully saturated rings. The summed E-state index contributed by atoms with van der Waals surface area (Å²) in [6.07, 6.45) is 0. The largest absolute Gasteiger partial charge is 0.454 e. The number of benzene rings is 1. The van der Waals surface area contributed by atoms with E-state index in [4.69, 9.17) is 9.47 Å². The Bertz CT molecular complexity index is 401. The Morgan fingerprint density at radius 1 is 1.47 bits per heavy atom. The smallest absolute Gasteiger partial charge is 0.231 e. The fourth-order valence-corrected chi connectivity index (χ4v) is 1.61. The van der Waals surface area contributed by atoms with Crippen molar-refractivity contribution in [1.82, 2.24) is 5.32 Å². The number of carbonyl (C=O) groups excluding carboxylic acids is 1. The van der Waals surface area contributed by atoms with Crippen LogP contribution < -0.4 is 14.8 Å². The van der Waals surface area contributed by atoms with Crippen LogP contribution in [0.1, 0.15) is 15.9 Å². The summed E-state index contributed by atoms with van der Waals surface area (Å²) in [7, 11) is 1.74. The topological polar surface area (TPSA) is 47.6 Å². The summed E-state index contributed by atoms with van der Waals surface area (Å²) in [6.45, 7) is 2.43. The number of rotatable bonds is 3. The Labute approximate surface area is 88.2 Å². The van der Waals surface area contributed by atoms with E-state index in [1.54, 1.807) is 7.05 Å². The highest BCUT2D eigenvalue weighted by Crippen LogP contribution is 2.36. The molecule has 0 radical (unpaired) electrons. The Kier molecular flexibility index (Phi) is 2.60. The summed E-state index contributed by atoms with van der Waals surface area (Å²) in [5.74, 6) is 1.25. The number of carbonyl (C=O) groups is 1. The number of hydrogen-bond donors (Lipinski definition) is 1. The van der Waals surface area contributed by atoms with Crippen LogP contribution in [0, 0.1) is 6.92 Å². The van der Waals surface area contributed by atoms with Gasteiger partial charge in [0.1, 0.15) is 0 Å². The fourth-order valence-electron chi connectivity index (χ4n) is 1.61. The Morgan fingerprint density at radius 3 is 3.00 bits per heavy atom. The van der Waals surface area contributed by atoms with Crippen LogP contribution in [-0.4, -0.2) is 26.2 Å². The molecule has 4 heteroatoms. The van der Waals surface area contributed by atoms with Crippen molar-refractivity contribution in [3.63, 3.8) is 0 Å². The van der Waals surface area contributed by atoms with E-state index in [-0.39, 0.29) is 12.6 Å². The van der Waals surface area contributed by atoms with Crippen molar-refractivity contribution in [2.45, 2.75) is 6.92 Å². The van der Waals surface area contributed by atoms with E-state index in [9.17, 15) is 4.79 Å². The first-order valence-corrected chi connectivity index (χ1v) is 4.80.